The van der Waals surface area contributed by atoms with Gasteiger partial charge in [-0.25, -0.2) is 9.67 Å². The van der Waals surface area contributed by atoms with Crippen molar-refractivity contribution in [1.82, 2.24) is 20.1 Å². The minimum Gasteiger partial charge on any atom is -0.388 e. The molecule has 1 atom stereocenters. The molecule has 0 aromatic carbocycles. The summed E-state index contributed by atoms with van der Waals surface area (Å²) in [5, 5.41) is 17.3. The largest absolute Gasteiger partial charge is 0.388 e. The maximum atomic E-state index is 12.0. The Morgan fingerprint density at radius 3 is 2.80 bits per heavy atom. The topological polar surface area (TPSA) is 80.0 Å². The predicted molar refractivity (Wildman–Crippen MR) is 74.9 cm³/mol. The first kappa shape index (κ1) is 15.0. The highest BCUT2D eigenvalue weighted by atomic mass is 16.3. The number of nitrogens with zero attached hydrogens (tertiary/aromatic N) is 3. The summed E-state index contributed by atoms with van der Waals surface area (Å²) in [7, 11) is 0. The number of aliphatic hydroxyl groups is 1. The Labute approximate surface area is 119 Å². The van der Waals surface area contributed by atoms with Crippen molar-refractivity contribution in [3.8, 4) is 0 Å². The smallest absolute Gasteiger partial charge is 0.244 e. The lowest BCUT2D eigenvalue weighted by atomic mass is 9.78. The zero-order chi connectivity index (χ0) is 14.6. The SMILES string of the molecule is CCC1CCC(O)(CNC(=O)C(C)n2cncn2)CC1. The monoisotopic (exact) mass is 280 g/mol. The van der Waals surface area contributed by atoms with Gasteiger partial charge < -0.3 is 10.4 Å². The number of nitrogens with one attached hydrogen (secondary N) is 1. The molecule has 6 nitrogen and oxygen atoms in total. The van der Waals surface area contributed by atoms with Crippen LogP contribution in [0.1, 0.15) is 52.0 Å². The summed E-state index contributed by atoms with van der Waals surface area (Å²) >= 11 is 0. The molecule has 1 aliphatic rings. The van der Waals surface area contributed by atoms with Crippen LogP contribution in [-0.4, -0.2) is 37.9 Å². The molecular weight excluding hydrogens is 256 g/mol. The van der Waals surface area contributed by atoms with E-state index in [1.54, 1.807) is 6.92 Å². The molecule has 20 heavy (non-hydrogen) atoms. The van der Waals surface area contributed by atoms with Gasteiger partial charge in [-0.05, 0) is 38.5 Å². The molecule has 2 N–H and O–H groups in total. The van der Waals surface area contributed by atoms with Crippen LogP contribution in [0.2, 0.25) is 0 Å². The Morgan fingerprint density at radius 1 is 1.55 bits per heavy atom. The second-order valence-electron chi connectivity index (χ2n) is 5.85. The van der Waals surface area contributed by atoms with E-state index >= 15 is 0 Å². The number of amides is 1. The quantitative estimate of drug-likeness (QED) is 0.851. The molecule has 1 fully saturated rings. The van der Waals surface area contributed by atoms with Crippen LogP contribution in [0, 0.1) is 5.92 Å². The minimum absolute atomic E-state index is 0.137. The summed E-state index contributed by atoms with van der Waals surface area (Å²) in [6.45, 7) is 4.28. The Balaban J connectivity index is 1.81. The van der Waals surface area contributed by atoms with Crippen molar-refractivity contribution in [2.75, 3.05) is 6.54 Å². The van der Waals surface area contributed by atoms with E-state index in [0.717, 1.165) is 31.6 Å². The molecular formula is C14H24N4O2. The van der Waals surface area contributed by atoms with Crippen LogP contribution in [-0.2, 0) is 4.79 Å². The fourth-order valence-electron chi connectivity index (χ4n) is 2.74. The molecule has 0 spiro atoms. The molecule has 6 heteroatoms. The Bertz CT molecular complexity index is 424. The van der Waals surface area contributed by atoms with E-state index in [4.69, 9.17) is 0 Å². The lowest BCUT2D eigenvalue weighted by Gasteiger charge is -2.36. The van der Waals surface area contributed by atoms with Crippen LogP contribution < -0.4 is 5.32 Å². The van der Waals surface area contributed by atoms with E-state index in [1.165, 1.54) is 23.8 Å². The molecule has 1 heterocycles. The van der Waals surface area contributed by atoms with Crippen molar-refractivity contribution in [2.24, 2.45) is 5.92 Å². The number of hydrogen-bond acceptors (Lipinski definition) is 4. The van der Waals surface area contributed by atoms with Crippen molar-refractivity contribution in [2.45, 2.75) is 57.6 Å². The van der Waals surface area contributed by atoms with Gasteiger partial charge in [0.05, 0.1) is 5.60 Å². The molecule has 2 rings (SSSR count). The summed E-state index contributed by atoms with van der Waals surface area (Å²) in [5.74, 6) is 0.585. The second kappa shape index (κ2) is 6.35. The molecule has 1 unspecified atom stereocenters. The van der Waals surface area contributed by atoms with E-state index in [2.05, 4.69) is 22.3 Å². The van der Waals surface area contributed by atoms with E-state index in [9.17, 15) is 9.90 Å². The molecule has 1 aromatic heterocycles. The summed E-state index contributed by atoms with van der Waals surface area (Å²) in [6.07, 6.45) is 7.72. The first-order valence-corrected chi connectivity index (χ1v) is 7.38. The molecule has 1 amide bonds. The number of rotatable bonds is 5. The number of carbonyl (C=O) groups excluding carboxylic acids is 1. The molecule has 0 bridgehead atoms. The molecule has 0 radical (unpaired) electrons. The van der Waals surface area contributed by atoms with Crippen molar-refractivity contribution in [1.29, 1.82) is 0 Å². The lowest BCUT2D eigenvalue weighted by Crippen LogP contribution is -2.46. The van der Waals surface area contributed by atoms with Crippen molar-refractivity contribution in [3.05, 3.63) is 12.7 Å². The highest BCUT2D eigenvalue weighted by Gasteiger charge is 2.33. The number of hydrogen-bond donors (Lipinski definition) is 2. The van der Waals surface area contributed by atoms with Gasteiger partial charge in [-0.2, -0.15) is 5.10 Å². The zero-order valence-corrected chi connectivity index (χ0v) is 12.2. The van der Waals surface area contributed by atoms with Crippen LogP contribution >= 0.6 is 0 Å². The minimum atomic E-state index is -0.747. The van der Waals surface area contributed by atoms with Gasteiger partial charge in [0, 0.05) is 6.54 Å². The van der Waals surface area contributed by atoms with Crippen LogP contribution in [0.3, 0.4) is 0 Å². The van der Waals surface area contributed by atoms with Gasteiger partial charge in [-0.3, -0.25) is 4.79 Å². The normalized spacial score (nSPS) is 28.1. The molecule has 1 saturated carbocycles. The van der Waals surface area contributed by atoms with Crippen molar-refractivity contribution < 1.29 is 9.90 Å². The number of carbonyl (C=O) groups is 1. The number of aromatic nitrogens is 3. The van der Waals surface area contributed by atoms with Gasteiger partial charge in [0.1, 0.15) is 18.7 Å². The average molecular weight is 280 g/mol. The van der Waals surface area contributed by atoms with E-state index in [0.29, 0.717) is 6.54 Å². The van der Waals surface area contributed by atoms with Gasteiger partial charge in [0.2, 0.25) is 5.91 Å². The second-order valence-corrected chi connectivity index (χ2v) is 5.85. The van der Waals surface area contributed by atoms with Crippen LogP contribution in [0.25, 0.3) is 0 Å². The standard InChI is InChI=1S/C14H24N4O2/c1-3-12-4-6-14(20,7-5-12)8-16-13(19)11(2)18-10-15-9-17-18/h9-12,20H,3-8H2,1-2H3,(H,16,19). The van der Waals surface area contributed by atoms with Gasteiger partial charge in [0.25, 0.3) is 0 Å². The molecule has 0 saturated heterocycles. The van der Waals surface area contributed by atoms with Gasteiger partial charge >= 0.3 is 0 Å². The summed E-state index contributed by atoms with van der Waals surface area (Å²) in [6, 6.07) is -0.409. The molecule has 1 aromatic rings. The van der Waals surface area contributed by atoms with Gasteiger partial charge in [0.15, 0.2) is 0 Å². The predicted octanol–water partition coefficient (Wildman–Crippen LogP) is 1.29. The maximum absolute atomic E-state index is 12.0. The van der Waals surface area contributed by atoms with Crippen molar-refractivity contribution in [3.63, 3.8) is 0 Å². The maximum Gasteiger partial charge on any atom is 0.244 e. The van der Waals surface area contributed by atoms with Gasteiger partial charge in [-0.15, -0.1) is 0 Å². The van der Waals surface area contributed by atoms with Crippen LogP contribution in [0.15, 0.2) is 12.7 Å². The fraction of sp³-hybridized carbons (Fsp3) is 0.786. The van der Waals surface area contributed by atoms with E-state index < -0.39 is 11.6 Å². The summed E-state index contributed by atoms with van der Waals surface area (Å²) in [5.41, 5.74) is -0.747. The Kier molecular flexibility index (Phi) is 4.75. The molecule has 1 aliphatic carbocycles. The first-order valence-electron chi connectivity index (χ1n) is 7.38. The third-order valence-electron chi connectivity index (χ3n) is 4.42. The Morgan fingerprint density at radius 2 is 2.25 bits per heavy atom. The molecule has 0 aliphatic heterocycles. The zero-order valence-electron chi connectivity index (χ0n) is 12.2. The third-order valence-corrected chi connectivity index (χ3v) is 4.42. The third kappa shape index (κ3) is 3.56. The average Bonchev–Trinajstić information content (AvgIpc) is 2.99. The lowest BCUT2D eigenvalue weighted by molar-refractivity contribution is -0.125. The molecule has 112 valence electrons. The Hall–Kier alpha value is -1.43. The first-order chi connectivity index (χ1) is 9.54. The van der Waals surface area contributed by atoms with Crippen molar-refractivity contribution >= 4 is 5.91 Å². The van der Waals surface area contributed by atoms with Crippen LogP contribution in [0.5, 0.6) is 0 Å². The fourth-order valence-corrected chi connectivity index (χ4v) is 2.74. The summed E-state index contributed by atoms with van der Waals surface area (Å²) in [4.78, 5) is 15.9. The van der Waals surface area contributed by atoms with E-state index in [-0.39, 0.29) is 5.91 Å². The van der Waals surface area contributed by atoms with Gasteiger partial charge in [-0.1, -0.05) is 13.3 Å². The van der Waals surface area contributed by atoms with Crippen LogP contribution in [0.4, 0.5) is 0 Å². The van der Waals surface area contributed by atoms with E-state index in [1.807, 2.05) is 0 Å². The highest BCUT2D eigenvalue weighted by molar-refractivity contribution is 5.79. The summed E-state index contributed by atoms with van der Waals surface area (Å²) < 4.78 is 1.51. The highest BCUT2D eigenvalue weighted by Crippen LogP contribution is 2.33.